The van der Waals surface area contributed by atoms with Crippen molar-refractivity contribution in [1.82, 2.24) is 0 Å². The minimum Gasteiger partial charge on any atom is -0.286 e. The third-order valence-electron chi connectivity index (χ3n) is 2.63. The molecule has 0 aromatic heterocycles. The van der Waals surface area contributed by atoms with Gasteiger partial charge in [-0.15, -0.1) is 0 Å². The number of hydrogen-bond acceptors (Lipinski definition) is 1. The zero-order valence-corrected chi connectivity index (χ0v) is 9.91. The molecule has 0 amide bonds. The van der Waals surface area contributed by atoms with Gasteiger partial charge in [0.25, 0.3) is 0 Å². The molecule has 85 valence electrons. The quantitative estimate of drug-likeness (QED) is 0.501. The molecule has 1 aromatic carbocycles. The van der Waals surface area contributed by atoms with Gasteiger partial charge in [-0.25, -0.2) is 0 Å². The number of aryl methyl sites for hydroxylation is 1. The van der Waals surface area contributed by atoms with Crippen LogP contribution in [0.1, 0.15) is 37.3 Å². The zero-order chi connectivity index (χ0) is 11.6. The molecule has 1 heteroatoms. The highest BCUT2D eigenvalue weighted by Gasteiger charge is 1.94. The minimum absolute atomic E-state index is 0.810. The van der Waals surface area contributed by atoms with Gasteiger partial charge in [0, 0.05) is 0 Å². The van der Waals surface area contributed by atoms with E-state index < -0.39 is 0 Å². The standard InChI is InChI=1S/C15H19O/c1-2-3-4-7-14-9-11-15(12-10-14)8-5-6-13-16/h5-6,9-12H,2-4,7-8H2,1H3. The molecule has 0 aliphatic rings. The molecule has 0 spiro atoms. The maximum absolute atomic E-state index is 9.98. The Labute approximate surface area is 98.2 Å². The summed E-state index contributed by atoms with van der Waals surface area (Å²) in [6.07, 6.45) is 10.8. The third kappa shape index (κ3) is 4.92. The second-order valence-corrected chi connectivity index (χ2v) is 4.00. The molecule has 0 heterocycles. The van der Waals surface area contributed by atoms with Crippen molar-refractivity contribution < 1.29 is 4.79 Å². The van der Waals surface area contributed by atoms with Crippen LogP contribution >= 0.6 is 0 Å². The lowest BCUT2D eigenvalue weighted by atomic mass is 10.0. The summed E-state index contributed by atoms with van der Waals surface area (Å²) in [7, 11) is 0. The van der Waals surface area contributed by atoms with Crippen LogP contribution in [0.3, 0.4) is 0 Å². The van der Waals surface area contributed by atoms with Crippen molar-refractivity contribution in [3.05, 3.63) is 47.5 Å². The van der Waals surface area contributed by atoms with Gasteiger partial charge in [0.2, 0.25) is 6.29 Å². The first-order chi connectivity index (χ1) is 7.86. The van der Waals surface area contributed by atoms with Crippen molar-refractivity contribution >= 4 is 6.29 Å². The molecule has 0 unspecified atom stereocenters. The largest absolute Gasteiger partial charge is 0.286 e. The van der Waals surface area contributed by atoms with Crippen LogP contribution in [-0.2, 0) is 17.6 Å². The first-order valence-electron chi connectivity index (χ1n) is 5.97. The van der Waals surface area contributed by atoms with Gasteiger partial charge in [0.15, 0.2) is 0 Å². The fraction of sp³-hybridized carbons (Fsp3) is 0.400. The summed E-state index contributed by atoms with van der Waals surface area (Å²) in [6, 6.07) is 8.64. The van der Waals surface area contributed by atoms with Gasteiger partial charge in [0.1, 0.15) is 0 Å². The summed E-state index contributed by atoms with van der Waals surface area (Å²) in [4.78, 5) is 9.98. The van der Waals surface area contributed by atoms with Crippen molar-refractivity contribution in [3.63, 3.8) is 0 Å². The van der Waals surface area contributed by atoms with Gasteiger partial charge >= 0.3 is 0 Å². The van der Waals surface area contributed by atoms with Crippen LogP contribution in [0.15, 0.2) is 36.4 Å². The average Bonchev–Trinajstić information content (AvgIpc) is 2.32. The molecule has 0 bridgehead atoms. The maximum atomic E-state index is 9.98. The lowest BCUT2D eigenvalue weighted by Crippen LogP contribution is -1.87. The van der Waals surface area contributed by atoms with Crippen LogP contribution in [0.5, 0.6) is 0 Å². The Morgan fingerprint density at radius 1 is 1.12 bits per heavy atom. The number of carbonyl (C=O) groups excluding carboxylic acids is 1. The van der Waals surface area contributed by atoms with Crippen LogP contribution in [0.25, 0.3) is 0 Å². The van der Waals surface area contributed by atoms with E-state index in [0.29, 0.717) is 0 Å². The minimum atomic E-state index is 0.810. The summed E-state index contributed by atoms with van der Waals surface area (Å²) in [5, 5.41) is 0. The summed E-state index contributed by atoms with van der Waals surface area (Å²) >= 11 is 0. The Kier molecular flexibility index (Phi) is 6.24. The van der Waals surface area contributed by atoms with Crippen LogP contribution in [0.2, 0.25) is 0 Å². The van der Waals surface area contributed by atoms with E-state index in [1.807, 2.05) is 6.08 Å². The van der Waals surface area contributed by atoms with Crippen molar-refractivity contribution in [1.29, 1.82) is 0 Å². The van der Waals surface area contributed by atoms with Crippen molar-refractivity contribution in [2.24, 2.45) is 0 Å². The Hall–Kier alpha value is -1.37. The fourth-order valence-electron chi connectivity index (χ4n) is 1.66. The van der Waals surface area contributed by atoms with E-state index in [1.54, 1.807) is 6.29 Å². The third-order valence-corrected chi connectivity index (χ3v) is 2.63. The van der Waals surface area contributed by atoms with Crippen molar-refractivity contribution in [3.8, 4) is 0 Å². The molecule has 1 radical (unpaired) electrons. The molecule has 0 atom stereocenters. The second-order valence-electron chi connectivity index (χ2n) is 4.00. The first-order valence-corrected chi connectivity index (χ1v) is 5.97. The Morgan fingerprint density at radius 3 is 2.44 bits per heavy atom. The Morgan fingerprint density at radius 2 is 1.81 bits per heavy atom. The summed E-state index contributed by atoms with van der Waals surface area (Å²) < 4.78 is 0. The van der Waals surface area contributed by atoms with Crippen molar-refractivity contribution in [2.45, 2.75) is 39.0 Å². The summed E-state index contributed by atoms with van der Waals surface area (Å²) in [5.74, 6) is 0. The number of hydrogen-bond donors (Lipinski definition) is 0. The van der Waals surface area contributed by atoms with Crippen LogP contribution in [-0.4, -0.2) is 6.29 Å². The predicted octanol–water partition coefficient (Wildman–Crippen LogP) is 3.63. The zero-order valence-electron chi connectivity index (χ0n) is 9.91. The van der Waals surface area contributed by atoms with Gasteiger partial charge in [-0.3, -0.25) is 4.79 Å². The summed E-state index contributed by atoms with van der Waals surface area (Å²) in [5.41, 5.74) is 2.65. The number of unbranched alkanes of at least 4 members (excludes halogenated alkanes) is 2. The van der Waals surface area contributed by atoms with E-state index in [0.717, 1.165) is 6.42 Å². The van der Waals surface area contributed by atoms with E-state index in [9.17, 15) is 4.79 Å². The molecule has 0 N–H and O–H groups in total. The van der Waals surface area contributed by atoms with Gasteiger partial charge in [-0.2, -0.15) is 0 Å². The molecule has 0 aliphatic heterocycles. The Balaban J connectivity index is 2.41. The lowest BCUT2D eigenvalue weighted by molar-refractivity contribution is 0.564. The van der Waals surface area contributed by atoms with Gasteiger partial charge in [-0.1, -0.05) is 50.1 Å². The van der Waals surface area contributed by atoms with E-state index >= 15 is 0 Å². The average molecular weight is 215 g/mol. The highest BCUT2D eigenvalue weighted by atomic mass is 16.1. The van der Waals surface area contributed by atoms with Gasteiger partial charge in [-0.05, 0) is 36.5 Å². The number of benzene rings is 1. The molecule has 1 nitrogen and oxygen atoms in total. The topological polar surface area (TPSA) is 17.1 Å². The molecule has 0 saturated carbocycles. The monoisotopic (exact) mass is 215 g/mol. The maximum Gasteiger partial charge on any atom is 0.225 e. The normalized spacial score (nSPS) is 10.8. The van der Waals surface area contributed by atoms with Crippen molar-refractivity contribution in [2.75, 3.05) is 0 Å². The SMILES string of the molecule is CCCCCc1ccc(CC=C[C]=O)cc1. The molecular formula is C15H19O. The van der Waals surface area contributed by atoms with E-state index in [-0.39, 0.29) is 0 Å². The number of allylic oxidation sites excluding steroid dienone is 2. The molecule has 0 saturated heterocycles. The van der Waals surface area contributed by atoms with Gasteiger partial charge in [0.05, 0.1) is 0 Å². The highest BCUT2D eigenvalue weighted by molar-refractivity contribution is 5.65. The Bertz CT molecular complexity index is 322. The van der Waals surface area contributed by atoms with E-state index in [4.69, 9.17) is 0 Å². The molecule has 0 fully saturated rings. The second kappa shape index (κ2) is 7.86. The van der Waals surface area contributed by atoms with Crippen LogP contribution in [0.4, 0.5) is 0 Å². The molecule has 0 aliphatic carbocycles. The molecule has 1 aromatic rings. The highest BCUT2D eigenvalue weighted by Crippen LogP contribution is 2.09. The van der Waals surface area contributed by atoms with Crippen LogP contribution in [0, 0.1) is 0 Å². The number of rotatable bonds is 7. The first kappa shape index (κ1) is 12.7. The fourth-order valence-corrected chi connectivity index (χ4v) is 1.66. The molecular weight excluding hydrogens is 196 g/mol. The van der Waals surface area contributed by atoms with Crippen LogP contribution < -0.4 is 0 Å². The van der Waals surface area contributed by atoms with E-state index in [2.05, 4.69) is 31.2 Å². The molecule has 16 heavy (non-hydrogen) atoms. The van der Waals surface area contributed by atoms with Gasteiger partial charge < -0.3 is 0 Å². The predicted molar refractivity (Wildman–Crippen MR) is 68.2 cm³/mol. The molecule has 1 rings (SSSR count). The summed E-state index contributed by atoms with van der Waals surface area (Å²) in [6.45, 7) is 2.22. The smallest absolute Gasteiger partial charge is 0.225 e. The van der Waals surface area contributed by atoms with E-state index in [1.165, 1.54) is 42.9 Å². The lowest BCUT2D eigenvalue weighted by Gasteiger charge is -2.02.